The maximum Gasteiger partial charge on any atom is 0.317 e. The first-order valence-electron chi connectivity index (χ1n) is 18.1. The Hall–Kier alpha value is -5.54. The van der Waals surface area contributed by atoms with Crippen molar-refractivity contribution >= 4 is 47.2 Å². The van der Waals surface area contributed by atoms with Gasteiger partial charge in [-0.1, -0.05) is 49.9 Å². The van der Waals surface area contributed by atoms with Gasteiger partial charge in [-0.15, -0.1) is 0 Å². The van der Waals surface area contributed by atoms with Gasteiger partial charge in [-0.3, -0.25) is 9.59 Å². The molecule has 52 heavy (non-hydrogen) atoms. The second-order valence-corrected chi connectivity index (χ2v) is 13.1. The Balaban J connectivity index is 0.980. The van der Waals surface area contributed by atoms with E-state index < -0.39 is 0 Å². The van der Waals surface area contributed by atoms with Crippen molar-refractivity contribution in [3.05, 3.63) is 59.7 Å². The van der Waals surface area contributed by atoms with Crippen LogP contribution in [0.4, 0.5) is 21.0 Å². The third kappa shape index (κ3) is 13.3. The normalized spacial score (nSPS) is 14.4. The number of carbonyl (C=O) groups excluding carboxylic acids is 4. The van der Waals surface area contributed by atoms with Crippen LogP contribution in [0, 0.1) is 0 Å². The molecule has 2 aliphatic rings. The first-order chi connectivity index (χ1) is 25.1. The summed E-state index contributed by atoms with van der Waals surface area (Å²) in [5.41, 5.74) is 24.7. The number of hydrogen-bond acceptors (Lipinski definition) is 6. The lowest BCUT2D eigenvalue weighted by Gasteiger charge is -2.34. The van der Waals surface area contributed by atoms with E-state index in [0.717, 1.165) is 49.7 Å². The molecule has 2 aromatic carbocycles. The average Bonchev–Trinajstić information content (AvgIpc) is 3.14. The SMILES string of the molecule is NC(N)=Nc1ccc(CNC(=O)N2CCN(C(=O)CCCCCCCCC(=O)N3CCN(C(=O)NCc4ccc(N=C(N)N)cc4)CC3)CC2)cc1. The van der Waals surface area contributed by atoms with E-state index in [0.29, 0.717) is 89.7 Å². The number of unbranched alkanes of at least 4 members (excludes halogenated alkanes) is 5. The maximum atomic E-state index is 12.7. The van der Waals surface area contributed by atoms with Crippen LogP contribution < -0.4 is 33.6 Å². The lowest BCUT2D eigenvalue weighted by molar-refractivity contribution is -0.133. The molecule has 0 aromatic heterocycles. The Morgan fingerprint density at radius 3 is 1.12 bits per heavy atom. The van der Waals surface area contributed by atoms with E-state index in [1.807, 2.05) is 34.1 Å². The zero-order valence-corrected chi connectivity index (χ0v) is 30.0. The van der Waals surface area contributed by atoms with Crippen molar-refractivity contribution in [2.75, 3.05) is 52.4 Å². The van der Waals surface area contributed by atoms with Gasteiger partial charge in [0.25, 0.3) is 0 Å². The summed E-state index contributed by atoms with van der Waals surface area (Å²) in [6.45, 7) is 4.94. The summed E-state index contributed by atoms with van der Waals surface area (Å²) < 4.78 is 0. The van der Waals surface area contributed by atoms with Crippen LogP contribution in [0.3, 0.4) is 0 Å². The fourth-order valence-corrected chi connectivity index (χ4v) is 6.15. The van der Waals surface area contributed by atoms with Crippen molar-refractivity contribution in [3.8, 4) is 0 Å². The summed E-state index contributed by atoms with van der Waals surface area (Å²) in [5.74, 6) is 0.263. The number of rotatable bonds is 15. The molecule has 6 amide bonds. The van der Waals surface area contributed by atoms with Gasteiger partial charge in [-0.25, -0.2) is 19.6 Å². The van der Waals surface area contributed by atoms with Crippen molar-refractivity contribution in [1.29, 1.82) is 0 Å². The molecule has 16 heteroatoms. The molecule has 10 N–H and O–H groups in total. The molecule has 0 saturated carbocycles. The Morgan fingerprint density at radius 2 is 0.788 bits per heavy atom. The molecule has 282 valence electrons. The Kier molecular flexibility index (Phi) is 15.4. The number of urea groups is 2. The average molecular weight is 719 g/mol. The number of nitrogens with one attached hydrogen (secondary N) is 2. The Labute approximate surface area is 305 Å². The molecule has 0 spiro atoms. The smallest absolute Gasteiger partial charge is 0.317 e. The summed E-state index contributed by atoms with van der Waals surface area (Å²) >= 11 is 0. The number of carbonyl (C=O) groups is 4. The predicted octanol–water partition coefficient (Wildman–Crippen LogP) is 2.03. The largest absolute Gasteiger partial charge is 0.370 e. The first kappa shape index (κ1) is 39.2. The van der Waals surface area contributed by atoms with Crippen molar-refractivity contribution in [2.24, 2.45) is 32.9 Å². The predicted molar refractivity (Wildman–Crippen MR) is 202 cm³/mol. The fraction of sp³-hybridized carbons (Fsp3) is 0.500. The van der Waals surface area contributed by atoms with Crippen molar-refractivity contribution in [2.45, 2.75) is 64.5 Å². The number of benzene rings is 2. The number of nitrogens with zero attached hydrogens (tertiary/aromatic N) is 6. The summed E-state index contributed by atoms with van der Waals surface area (Å²) in [4.78, 5) is 65.9. The maximum absolute atomic E-state index is 12.7. The highest BCUT2D eigenvalue weighted by Crippen LogP contribution is 2.16. The minimum Gasteiger partial charge on any atom is -0.370 e. The molecule has 16 nitrogen and oxygen atoms in total. The van der Waals surface area contributed by atoms with E-state index in [1.165, 1.54) is 0 Å². The Bertz CT molecular complexity index is 1410. The van der Waals surface area contributed by atoms with E-state index in [-0.39, 0.29) is 35.8 Å². The second kappa shape index (κ2) is 20.3. The minimum absolute atomic E-state index is 0.00665. The molecule has 2 heterocycles. The zero-order chi connectivity index (χ0) is 37.3. The second-order valence-electron chi connectivity index (χ2n) is 13.1. The zero-order valence-electron chi connectivity index (χ0n) is 30.0. The molecular formula is C36H54N12O4. The lowest BCUT2D eigenvalue weighted by Crippen LogP contribution is -2.53. The standard InChI is InChI=1S/C36H54N12O4/c37-33(38)43-29-13-9-27(10-14-29)25-41-35(51)47-21-17-45(18-22-47)31(49)7-5-3-1-2-4-6-8-32(50)46-19-23-48(24-20-46)36(52)42-26-28-11-15-30(16-12-28)44-34(39)40/h9-16H,1-8,17-26H2,(H,41,51)(H,42,52)(H4,37,38,43)(H4,39,40,44). The monoisotopic (exact) mass is 718 g/mol. The molecule has 2 aliphatic heterocycles. The van der Waals surface area contributed by atoms with Crippen molar-refractivity contribution in [3.63, 3.8) is 0 Å². The first-order valence-corrected chi connectivity index (χ1v) is 18.1. The highest BCUT2D eigenvalue weighted by molar-refractivity contribution is 5.80. The van der Waals surface area contributed by atoms with Gasteiger partial charge in [0.05, 0.1) is 11.4 Å². The van der Waals surface area contributed by atoms with Crippen LogP contribution >= 0.6 is 0 Å². The van der Waals surface area contributed by atoms with Crippen LogP contribution in [-0.4, -0.2) is 108 Å². The van der Waals surface area contributed by atoms with E-state index in [9.17, 15) is 19.2 Å². The molecule has 0 atom stereocenters. The van der Waals surface area contributed by atoms with E-state index in [2.05, 4.69) is 20.6 Å². The molecule has 4 rings (SSSR count). The summed E-state index contributed by atoms with van der Waals surface area (Å²) in [6, 6.07) is 14.3. The van der Waals surface area contributed by atoms with Gasteiger partial charge in [0, 0.05) is 78.3 Å². The van der Waals surface area contributed by atoms with Gasteiger partial charge < -0.3 is 53.2 Å². The third-order valence-corrected chi connectivity index (χ3v) is 9.15. The van der Waals surface area contributed by atoms with Gasteiger partial charge in [0.15, 0.2) is 11.9 Å². The number of aliphatic imine (C=N–C) groups is 2. The van der Waals surface area contributed by atoms with Crippen molar-refractivity contribution in [1.82, 2.24) is 30.2 Å². The van der Waals surface area contributed by atoms with Crippen LogP contribution in [-0.2, 0) is 22.7 Å². The molecule has 0 bridgehead atoms. The van der Waals surface area contributed by atoms with E-state index in [1.54, 1.807) is 34.1 Å². The lowest BCUT2D eigenvalue weighted by atomic mass is 10.1. The highest BCUT2D eigenvalue weighted by atomic mass is 16.2. The Morgan fingerprint density at radius 1 is 0.481 bits per heavy atom. The van der Waals surface area contributed by atoms with E-state index in [4.69, 9.17) is 22.9 Å². The van der Waals surface area contributed by atoms with Gasteiger partial charge in [0.1, 0.15) is 0 Å². The van der Waals surface area contributed by atoms with Crippen LogP contribution in [0.15, 0.2) is 58.5 Å². The van der Waals surface area contributed by atoms with Gasteiger partial charge in [-0.2, -0.15) is 0 Å². The summed E-state index contributed by atoms with van der Waals surface area (Å²) in [5, 5.41) is 5.86. The van der Waals surface area contributed by atoms with Crippen LogP contribution in [0.1, 0.15) is 62.5 Å². The van der Waals surface area contributed by atoms with Gasteiger partial charge in [-0.05, 0) is 48.2 Å². The fourth-order valence-electron chi connectivity index (χ4n) is 6.15. The molecule has 0 aliphatic carbocycles. The number of nitrogens with two attached hydrogens (primary N) is 4. The third-order valence-electron chi connectivity index (χ3n) is 9.15. The minimum atomic E-state index is -0.147. The number of hydrogen-bond donors (Lipinski definition) is 6. The van der Waals surface area contributed by atoms with Gasteiger partial charge >= 0.3 is 12.1 Å². The topological polar surface area (TPSA) is 234 Å². The molecule has 2 aromatic rings. The molecular weight excluding hydrogens is 664 g/mol. The molecule has 2 saturated heterocycles. The van der Waals surface area contributed by atoms with Crippen LogP contribution in [0.25, 0.3) is 0 Å². The van der Waals surface area contributed by atoms with Crippen molar-refractivity contribution < 1.29 is 19.2 Å². The van der Waals surface area contributed by atoms with E-state index >= 15 is 0 Å². The van der Waals surface area contributed by atoms with Gasteiger partial charge in [0.2, 0.25) is 11.8 Å². The summed E-state index contributed by atoms with van der Waals surface area (Å²) in [7, 11) is 0. The summed E-state index contributed by atoms with van der Waals surface area (Å²) in [6.07, 6.45) is 6.70. The van der Waals surface area contributed by atoms with Crippen LogP contribution in [0.2, 0.25) is 0 Å². The number of guanidine groups is 2. The van der Waals surface area contributed by atoms with Crippen LogP contribution in [0.5, 0.6) is 0 Å². The number of amides is 6. The molecule has 0 unspecified atom stereocenters. The highest BCUT2D eigenvalue weighted by Gasteiger charge is 2.25. The molecule has 2 fully saturated rings. The number of piperazine rings is 2. The molecule has 0 radical (unpaired) electrons. The quantitative estimate of drug-likeness (QED) is 0.0904.